The zero-order chi connectivity index (χ0) is 14.4. The zero-order valence-electron chi connectivity index (χ0n) is 11.9. The molecule has 1 atom stereocenters. The van der Waals surface area contributed by atoms with Crippen LogP contribution in [0.15, 0.2) is 24.3 Å². The number of rotatable bonds is 4. The lowest BCUT2D eigenvalue weighted by Gasteiger charge is -2.33. The number of benzene rings is 1. The fourth-order valence-electron chi connectivity index (χ4n) is 2.20. The molecule has 1 aromatic rings. The quantitative estimate of drug-likeness (QED) is 0.868. The lowest BCUT2D eigenvalue weighted by atomic mass is 10.2. The van der Waals surface area contributed by atoms with Crippen molar-refractivity contribution in [2.45, 2.75) is 6.10 Å². The Balaban J connectivity index is 1.97. The summed E-state index contributed by atoms with van der Waals surface area (Å²) in [5.41, 5.74) is 0.677. The number of methoxy groups -OCH3 is 1. The number of para-hydroxylation sites is 2. The largest absolute Gasteiger partial charge is 0.495 e. The molecule has 0 aromatic heterocycles. The van der Waals surface area contributed by atoms with Crippen LogP contribution in [-0.2, 0) is 4.74 Å². The highest BCUT2D eigenvalue weighted by molar-refractivity contribution is 5.91. The van der Waals surface area contributed by atoms with Gasteiger partial charge in [0.1, 0.15) is 5.75 Å². The third-order valence-electron chi connectivity index (χ3n) is 3.21. The third-order valence-corrected chi connectivity index (χ3v) is 3.21. The lowest BCUT2D eigenvalue weighted by Crippen LogP contribution is -2.49. The fraction of sp³-hybridized carbons (Fsp3) is 0.500. The summed E-state index contributed by atoms with van der Waals surface area (Å²) in [4.78, 5) is 14.0. The fourth-order valence-corrected chi connectivity index (χ4v) is 2.20. The van der Waals surface area contributed by atoms with E-state index in [2.05, 4.69) is 10.6 Å². The van der Waals surface area contributed by atoms with Crippen molar-refractivity contribution in [2.24, 2.45) is 0 Å². The summed E-state index contributed by atoms with van der Waals surface area (Å²) in [6, 6.07) is 7.24. The van der Waals surface area contributed by atoms with Crippen molar-refractivity contribution in [3.05, 3.63) is 24.3 Å². The van der Waals surface area contributed by atoms with Gasteiger partial charge in [0, 0.05) is 19.6 Å². The lowest BCUT2D eigenvalue weighted by molar-refractivity contribution is -0.00999. The summed E-state index contributed by atoms with van der Waals surface area (Å²) in [7, 11) is 3.46. The molecule has 6 nitrogen and oxygen atoms in total. The monoisotopic (exact) mass is 279 g/mol. The molecular weight excluding hydrogens is 258 g/mol. The van der Waals surface area contributed by atoms with Gasteiger partial charge in [-0.2, -0.15) is 0 Å². The minimum atomic E-state index is -0.126. The third kappa shape index (κ3) is 3.61. The van der Waals surface area contributed by atoms with Gasteiger partial charge in [0.15, 0.2) is 0 Å². The van der Waals surface area contributed by atoms with E-state index >= 15 is 0 Å². The first kappa shape index (κ1) is 14.6. The van der Waals surface area contributed by atoms with Crippen molar-refractivity contribution in [1.29, 1.82) is 0 Å². The van der Waals surface area contributed by atoms with Crippen LogP contribution in [0.2, 0.25) is 0 Å². The molecule has 1 saturated heterocycles. The summed E-state index contributed by atoms with van der Waals surface area (Å²) < 4.78 is 10.8. The van der Waals surface area contributed by atoms with Crippen molar-refractivity contribution in [1.82, 2.24) is 10.2 Å². The average Bonchev–Trinajstić information content (AvgIpc) is 2.48. The van der Waals surface area contributed by atoms with Crippen molar-refractivity contribution in [3.63, 3.8) is 0 Å². The molecule has 0 aliphatic carbocycles. The summed E-state index contributed by atoms with van der Waals surface area (Å²) in [5.74, 6) is 0.654. The molecule has 0 bridgehead atoms. The highest BCUT2D eigenvalue weighted by Crippen LogP contribution is 2.23. The summed E-state index contributed by atoms with van der Waals surface area (Å²) in [6.07, 6.45) is 0.0390. The molecule has 0 radical (unpaired) electrons. The van der Waals surface area contributed by atoms with Crippen molar-refractivity contribution in [2.75, 3.05) is 45.7 Å². The highest BCUT2D eigenvalue weighted by atomic mass is 16.5. The minimum Gasteiger partial charge on any atom is -0.495 e. The van der Waals surface area contributed by atoms with E-state index in [4.69, 9.17) is 9.47 Å². The molecule has 1 unspecified atom stereocenters. The normalized spacial score (nSPS) is 18.7. The molecule has 1 aromatic carbocycles. The second-order valence-corrected chi connectivity index (χ2v) is 4.63. The summed E-state index contributed by atoms with van der Waals surface area (Å²) in [5, 5.41) is 5.94. The molecule has 0 spiro atoms. The number of nitrogens with zero attached hydrogens (tertiary/aromatic N) is 1. The number of carbonyl (C=O) groups is 1. The highest BCUT2D eigenvalue weighted by Gasteiger charge is 2.24. The van der Waals surface area contributed by atoms with E-state index in [9.17, 15) is 4.79 Å². The maximum atomic E-state index is 12.3. The van der Waals surface area contributed by atoms with E-state index in [0.717, 1.165) is 6.54 Å². The number of anilines is 1. The standard InChI is InChI=1S/C14H21N3O3/c1-15-9-11-10-17(7-8-20-11)14(18)16-12-5-3-4-6-13(12)19-2/h3-6,11,15H,7-10H2,1-2H3,(H,16,18). The molecule has 20 heavy (non-hydrogen) atoms. The van der Waals surface area contributed by atoms with Gasteiger partial charge in [0.05, 0.1) is 25.5 Å². The van der Waals surface area contributed by atoms with Crippen LogP contribution < -0.4 is 15.4 Å². The SMILES string of the molecule is CNCC1CN(C(=O)Nc2ccccc2OC)CCO1. The second-order valence-electron chi connectivity index (χ2n) is 4.63. The Morgan fingerprint density at radius 1 is 1.50 bits per heavy atom. The number of nitrogens with one attached hydrogen (secondary N) is 2. The number of carbonyl (C=O) groups excluding carboxylic acids is 1. The number of amides is 2. The van der Waals surface area contributed by atoms with E-state index < -0.39 is 0 Å². The Labute approximate surface area is 119 Å². The summed E-state index contributed by atoms with van der Waals surface area (Å²) >= 11 is 0. The van der Waals surface area contributed by atoms with Gasteiger partial charge in [-0.15, -0.1) is 0 Å². The van der Waals surface area contributed by atoms with Crippen LogP contribution in [0.5, 0.6) is 5.75 Å². The topological polar surface area (TPSA) is 62.8 Å². The van der Waals surface area contributed by atoms with Crippen molar-refractivity contribution < 1.29 is 14.3 Å². The Hall–Kier alpha value is -1.79. The predicted molar refractivity (Wildman–Crippen MR) is 77.3 cm³/mol. The van der Waals surface area contributed by atoms with Crippen molar-refractivity contribution >= 4 is 11.7 Å². The predicted octanol–water partition coefficient (Wildman–Crippen LogP) is 1.15. The summed E-state index contributed by atoms with van der Waals surface area (Å²) in [6.45, 7) is 2.48. The van der Waals surface area contributed by atoms with Crippen LogP contribution >= 0.6 is 0 Å². The van der Waals surface area contributed by atoms with Crippen molar-refractivity contribution in [3.8, 4) is 5.75 Å². The van der Waals surface area contributed by atoms with Crippen LogP contribution in [-0.4, -0.2) is 57.4 Å². The Kier molecular flexibility index (Phi) is 5.20. The molecule has 110 valence electrons. The van der Waals surface area contributed by atoms with E-state index in [-0.39, 0.29) is 12.1 Å². The zero-order valence-corrected chi connectivity index (χ0v) is 11.9. The van der Waals surface area contributed by atoms with Gasteiger partial charge in [-0.3, -0.25) is 0 Å². The Morgan fingerprint density at radius 3 is 3.05 bits per heavy atom. The molecule has 2 N–H and O–H groups in total. The second kappa shape index (κ2) is 7.12. The van der Waals surface area contributed by atoms with Gasteiger partial charge in [-0.1, -0.05) is 12.1 Å². The molecule has 0 saturated carbocycles. The number of hydrogen-bond acceptors (Lipinski definition) is 4. The van der Waals surface area contributed by atoms with E-state index in [1.807, 2.05) is 31.3 Å². The van der Waals surface area contributed by atoms with Gasteiger partial charge in [0.2, 0.25) is 0 Å². The van der Waals surface area contributed by atoms with Crippen LogP contribution in [0.1, 0.15) is 0 Å². The number of ether oxygens (including phenoxy) is 2. The first-order valence-corrected chi connectivity index (χ1v) is 6.69. The molecule has 1 heterocycles. The van der Waals surface area contributed by atoms with Crippen LogP contribution in [0.25, 0.3) is 0 Å². The first-order chi connectivity index (χ1) is 9.74. The van der Waals surface area contributed by atoms with Crippen LogP contribution in [0, 0.1) is 0 Å². The molecule has 2 amide bonds. The maximum absolute atomic E-state index is 12.3. The first-order valence-electron chi connectivity index (χ1n) is 6.69. The smallest absolute Gasteiger partial charge is 0.322 e. The molecule has 6 heteroatoms. The number of likely N-dealkylation sites (N-methyl/N-ethyl adjacent to an activating group) is 1. The molecular formula is C14H21N3O3. The van der Waals surface area contributed by atoms with Crippen LogP contribution in [0.3, 0.4) is 0 Å². The van der Waals surface area contributed by atoms with Gasteiger partial charge < -0.3 is 25.0 Å². The van der Waals surface area contributed by atoms with Gasteiger partial charge in [0.25, 0.3) is 0 Å². The Bertz CT molecular complexity index is 451. The number of morpholine rings is 1. The average molecular weight is 279 g/mol. The maximum Gasteiger partial charge on any atom is 0.322 e. The minimum absolute atomic E-state index is 0.0390. The molecule has 1 aliphatic heterocycles. The Morgan fingerprint density at radius 2 is 2.30 bits per heavy atom. The number of hydrogen-bond donors (Lipinski definition) is 2. The molecule has 1 fully saturated rings. The van der Waals surface area contributed by atoms with Gasteiger partial charge >= 0.3 is 6.03 Å². The molecule has 1 aliphatic rings. The van der Waals surface area contributed by atoms with Gasteiger partial charge in [-0.05, 0) is 19.2 Å². The molecule has 2 rings (SSSR count). The van der Waals surface area contributed by atoms with E-state index in [0.29, 0.717) is 31.1 Å². The van der Waals surface area contributed by atoms with E-state index in [1.54, 1.807) is 12.0 Å². The van der Waals surface area contributed by atoms with E-state index in [1.165, 1.54) is 0 Å². The van der Waals surface area contributed by atoms with Crippen LogP contribution in [0.4, 0.5) is 10.5 Å². The number of urea groups is 1. The van der Waals surface area contributed by atoms with Gasteiger partial charge in [-0.25, -0.2) is 4.79 Å².